The van der Waals surface area contributed by atoms with Crippen LogP contribution in [0.1, 0.15) is 31.3 Å². The Hall–Kier alpha value is -1.29. The molecule has 0 bridgehead atoms. The van der Waals surface area contributed by atoms with Crippen LogP contribution in [0.3, 0.4) is 0 Å². The molecule has 0 aliphatic rings. The van der Waals surface area contributed by atoms with Gasteiger partial charge in [-0.05, 0) is 25.5 Å². The van der Waals surface area contributed by atoms with E-state index >= 15 is 0 Å². The molecule has 1 atom stereocenters. The van der Waals surface area contributed by atoms with Gasteiger partial charge in [0.1, 0.15) is 11.5 Å². The molecule has 2 N–H and O–H groups in total. The van der Waals surface area contributed by atoms with E-state index in [0.29, 0.717) is 6.54 Å². The van der Waals surface area contributed by atoms with E-state index in [1.54, 1.807) is 11.9 Å². The van der Waals surface area contributed by atoms with Crippen LogP contribution in [0.25, 0.3) is 0 Å². The number of furan rings is 1. The summed E-state index contributed by atoms with van der Waals surface area (Å²) in [5, 5.41) is 0. The summed E-state index contributed by atoms with van der Waals surface area (Å²) in [6, 6.07) is 3.37. The summed E-state index contributed by atoms with van der Waals surface area (Å²) in [7, 11) is 1.75. The Balaban J connectivity index is 2.51. The van der Waals surface area contributed by atoms with Crippen molar-refractivity contribution in [2.75, 3.05) is 7.05 Å². The minimum Gasteiger partial charge on any atom is -0.464 e. The fourth-order valence-electron chi connectivity index (χ4n) is 1.60. The van der Waals surface area contributed by atoms with Crippen molar-refractivity contribution in [1.82, 2.24) is 4.90 Å². The van der Waals surface area contributed by atoms with Crippen LogP contribution >= 0.6 is 0 Å². The van der Waals surface area contributed by atoms with Crippen molar-refractivity contribution in [3.63, 3.8) is 0 Å². The maximum atomic E-state index is 11.8. The molecule has 1 rings (SSSR count). The molecule has 0 saturated carbocycles. The lowest BCUT2D eigenvalue weighted by Crippen LogP contribution is -2.41. The molecule has 0 radical (unpaired) electrons. The number of nitrogens with zero attached hydrogens (tertiary/aromatic N) is 1. The van der Waals surface area contributed by atoms with Crippen LogP contribution in [0.4, 0.5) is 0 Å². The standard InChI is InChI=1S/C12H20N2O2/c1-4-5-11(13)12(15)14(3)8-10-7-6-9(2)16-10/h6-7,11H,4-5,8,13H2,1-3H3. The highest BCUT2D eigenvalue weighted by Gasteiger charge is 2.17. The van der Waals surface area contributed by atoms with Gasteiger partial charge in [-0.3, -0.25) is 4.79 Å². The van der Waals surface area contributed by atoms with Crippen molar-refractivity contribution < 1.29 is 9.21 Å². The van der Waals surface area contributed by atoms with Crippen molar-refractivity contribution >= 4 is 5.91 Å². The second-order valence-electron chi connectivity index (χ2n) is 4.10. The molecule has 4 nitrogen and oxygen atoms in total. The first-order valence-corrected chi connectivity index (χ1v) is 5.60. The molecule has 1 aromatic heterocycles. The maximum Gasteiger partial charge on any atom is 0.239 e. The van der Waals surface area contributed by atoms with Crippen LogP contribution in [0.5, 0.6) is 0 Å². The second kappa shape index (κ2) is 5.70. The van der Waals surface area contributed by atoms with E-state index in [2.05, 4.69) is 0 Å². The Kier molecular flexibility index (Phi) is 4.55. The zero-order chi connectivity index (χ0) is 12.1. The smallest absolute Gasteiger partial charge is 0.239 e. The zero-order valence-corrected chi connectivity index (χ0v) is 10.2. The molecule has 1 aromatic rings. The summed E-state index contributed by atoms with van der Waals surface area (Å²) in [6.07, 6.45) is 1.64. The molecule has 1 heterocycles. The Morgan fingerprint density at radius 1 is 1.56 bits per heavy atom. The van der Waals surface area contributed by atoms with Gasteiger partial charge < -0.3 is 15.1 Å². The predicted molar refractivity (Wildman–Crippen MR) is 62.8 cm³/mol. The number of amides is 1. The molecule has 1 amide bonds. The summed E-state index contributed by atoms with van der Waals surface area (Å²) in [5.74, 6) is 1.61. The number of carbonyl (C=O) groups excluding carboxylic acids is 1. The topological polar surface area (TPSA) is 59.5 Å². The lowest BCUT2D eigenvalue weighted by Gasteiger charge is -2.19. The largest absolute Gasteiger partial charge is 0.464 e. The highest BCUT2D eigenvalue weighted by Crippen LogP contribution is 2.09. The first kappa shape index (κ1) is 12.8. The van der Waals surface area contributed by atoms with Crippen LogP contribution in [0.2, 0.25) is 0 Å². The first-order valence-electron chi connectivity index (χ1n) is 5.60. The molecular weight excluding hydrogens is 204 g/mol. The number of likely N-dealkylation sites (N-methyl/N-ethyl adjacent to an activating group) is 1. The molecule has 16 heavy (non-hydrogen) atoms. The zero-order valence-electron chi connectivity index (χ0n) is 10.2. The van der Waals surface area contributed by atoms with Crippen LogP contribution in [0.15, 0.2) is 16.5 Å². The van der Waals surface area contributed by atoms with Gasteiger partial charge in [0.25, 0.3) is 0 Å². The number of rotatable bonds is 5. The molecule has 90 valence electrons. The Labute approximate surface area is 96.4 Å². The van der Waals surface area contributed by atoms with E-state index in [1.807, 2.05) is 26.0 Å². The Bertz CT molecular complexity index is 347. The molecule has 0 aromatic carbocycles. The molecule has 0 aliphatic heterocycles. The lowest BCUT2D eigenvalue weighted by atomic mass is 10.1. The highest BCUT2D eigenvalue weighted by molar-refractivity contribution is 5.81. The molecule has 0 aliphatic carbocycles. The number of aryl methyl sites for hydroxylation is 1. The van der Waals surface area contributed by atoms with Crippen molar-refractivity contribution in [2.24, 2.45) is 5.73 Å². The maximum absolute atomic E-state index is 11.8. The van der Waals surface area contributed by atoms with Gasteiger partial charge in [-0.2, -0.15) is 0 Å². The molecule has 4 heteroatoms. The second-order valence-corrected chi connectivity index (χ2v) is 4.10. The fraction of sp³-hybridized carbons (Fsp3) is 0.583. The van der Waals surface area contributed by atoms with Gasteiger partial charge in [0.2, 0.25) is 5.91 Å². The summed E-state index contributed by atoms with van der Waals surface area (Å²) >= 11 is 0. The van der Waals surface area contributed by atoms with Crippen LogP contribution < -0.4 is 5.73 Å². The summed E-state index contributed by atoms with van der Waals surface area (Å²) in [6.45, 7) is 4.38. The summed E-state index contributed by atoms with van der Waals surface area (Å²) in [5.41, 5.74) is 5.77. The van der Waals surface area contributed by atoms with Gasteiger partial charge in [-0.25, -0.2) is 0 Å². The van der Waals surface area contributed by atoms with E-state index in [9.17, 15) is 4.79 Å². The number of hydrogen-bond acceptors (Lipinski definition) is 3. The summed E-state index contributed by atoms with van der Waals surface area (Å²) < 4.78 is 5.41. The molecule has 1 unspecified atom stereocenters. The molecule has 0 spiro atoms. The Morgan fingerprint density at radius 3 is 2.75 bits per heavy atom. The number of nitrogens with two attached hydrogens (primary N) is 1. The number of hydrogen-bond donors (Lipinski definition) is 1. The minimum absolute atomic E-state index is 0.0316. The number of carbonyl (C=O) groups is 1. The fourth-order valence-corrected chi connectivity index (χ4v) is 1.60. The first-order chi connectivity index (χ1) is 7.54. The highest BCUT2D eigenvalue weighted by atomic mass is 16.3. The van der Waals surface area contributed by atoms with E-state index in [1.165, 1.54) is 0 Å². The third-order valence-corrected chi connectivity index (χ3v) is 2.48. The lowest BCUT2D eigenvalue weighted by molar-refractivity contribution is -0.132. The minimum atomic E-state index is -0.397. The average Bonchev–Trinajstić information content (AvgIpc) is 2.63. The summed E-state index contributed by atoms with van der Waals surface area (Å²) in [4.78, 5) is 13.4. The van der Waals surface area contributed by atoms with E-state index in [4.69, 9.17) is 10.2 Å². The molecular formula is C12H20N2O2. The van der Waals surface area contributed by atoms with Crippen molar-refractivity contribution in [1.29, 1.82) is 0 Å². The third-order valence-electron chi connectivity index (χ3n) is 2.48. The van der Waals surface area contributed by atoms with Gasteiger partial charge >= 0.3 is 0 Å². The van der Waals surface area contributed by atoms with E-state index in [-0.39, 0.29) is 5.91 Å². The van der Waals surface area contributed by atoms with Gasteiger partial charge in [-0.15, -0.1) is 0 Å². The van der Waals surface area contributed by atoms with Crippen molar-refractivity contribution in [2.45, 2.75) is 39.3 Å². The average molecular weight is 224 g/mol. The molecule has 0 saturated heterocycles. The van der Waals surface area contributed by atoms with Crippen molar-refractivity contribution in [3.8, 4) is 0 Å². The van der Waals surface area contributed by atoms with Crippen molar-refractivity contribution in [3.05, 3.63) is 23.7 Å². The van der Waals surface area contributed by atoms with Gasteiger partial charge in [0.15, 0.2) is 0 Å². The monoisotopic (exact) mass is 224 g/mol. The predicted octanol–water partition coefficient (Wildman–Crippen LogP) is 1.67. The Morgan fingerprint density at radius 2 is 2.25 bits per heavy atom. The molecule has 0 fully saturated rings. The quantitative estimate of drug-likeness (QED) is 0.827. The van der Waals surface area contributed by atoms with Gasteiger partial charge in [0, 0.05) is 7.05 Å². The van der Waals surface area contributed by atoms with E-state index < -0.39 is 6.04 Å². The normalized spacial score (nSPS) is 12.5. The van der Waals surface area contributed by atoms with Crippen LogP contribution in [-0.4, -0.2) is 23.9 Å². The van der Waals surface area contributed by atoms with Crippen LogP contribution in [0, 0.1) is 6.92 Å². The third kappa shape index (κ3) is 3.38. The van der Waals surface area contributed by atoms with Gasteiger partial charge in [0.05, 0.1) is 12.6 Å². The van der Waals surface area contributed by atoms with Crippen LogP contribution in [-0.2, 0) is 11.3 Å². The SMILES string of the molecule is CCCC(N)C(=O)N(C)Cc1ccc(C)o1. The van der Waals surface area contributed by atoms with Gasteiger partial charge in [-0.1, -0.05) is 13.3 Å². The van der Waals surface area contributed by atoms with E-state index in [0.717, 1.165) is 24.4 Å².